The molecule has 1 aliphatic rings. The summed E-state index contributed by atoms with van der Waals surface area (Å²) in [5, 5.41) is 12.2. The Labute approximate surface area is 113 Å². The van der Waals surface area contributed by atoms with Crippen LogP contribution in [0.25, 0.3) is 0 Å². The van der Waals surface area contributed by atoms with Gasteiger partial charge in [-0.1, -0.05) is 19.1 Å². The molecule has 1 unspecified atom stereocenters. The van der Waals surface area contributed by atoms with Gasteiger partial charge < -0.3 is 15.2 Å². The van der Waals surface area contributed by atoms with E-state index in [-0.39, 0.29) is 5.92 Å². The van der Waals surface area contributed by atoms with Crippen molar-refractivity contribution in [2.75, 3.05) is 19.7 Å². The molecule has 1 heterocycles. The van der Waals surface area contributed by atoms with Gasteiger partial charge in [0.2, 0.25) is 0 Å². The molecule has 1 atom stereocenters. The molecule has 0 amide bonds. The molecule has 4 nitrogen and oxygen atoms in total. The Bertz CT molecular complexity index is 445. The van der Waals surface area contributed by atoms with E-state index in [2.05, 4.69) is 17.4 Å². The highest BCUT2D eigenvalue weighted by molar-refractivity contribution is 5.70. The second-order valence-electron chi connectivity index (χ2n) is 4.94. The fraction of sp³-hybridized carbons (Fsp3) is 0.533. The minimum atomic E-state index is -0.718. The molecule has 2 rings (SSSR count). The van der Waals surface area contributed by atoms with Crippen molar-refractivity contribution in [3.8, 4) is 5.75 Å². The lowest BCUT2D eigenvalue weighted by Gasteiger charge is -2.11. The summed E-state index contributed by atoms with van der Waals surface area (Å²) < 4.78 is 5.47. The van der Waals surface area contributed by atoms with Gasteiger partial charge in [0.05, 0.1) is 12.5 Å². The van der Waals surface area contributed by atoms with Crippen molar-refractivity contribution in [2.45, 2.75) is 26.2 Å². The van der Waals surface area contributed by atoms with E-state index in [1.54, 1.807) is 0 Å². The lowest BCUT2D eigenvalue weighted by atomic mass is 10.1. The maximum atomic E-state index is 10.9. The summed E-state index contributed by atoms with van der Waals surface area (Å²) in [5.74, 6) is 0.00623. The molecular weight excluding hydrogens is 242 g/mol. The van der Waals surface area contributed by atoms with Gasteiger partial charge in [-0.2, -0.15) is 0 Å². The first kappa shape index (κ1) is 13.9. The molecular formula is C15H21NO3. The molecule has 1 aromatic carbocycles. The van der Waals surface area contributed by atoms with E-state index < -0.39 is 5.97 Å². The Kier molecular flexibility index (Phi) is 4.80. The van der Waals surface area contributed by atoms with Gasteiger partial charge in [-0.3, -0.25) is 4.79 Å². The van der Waals surface area contributed by atoms with Crippen molar-refractivity contribution in [2.24, 2.45) is 5.92 Å². The van der Waals surface area contributed by atoms with Crippen molar-refractivity contribution in [3.05, 3.63) is 29.3 Å². The maximum Gasteiger partial charge on any atom is 0.307 e. The molecule has 0 saturated carbocycles. The number of aliphatic carboxylic acids is 1. The topological polar surface area (TPSA) is 58.6 Å². The number of rotatable bonds is 7. The summed E-state index contributed by atoms with van der Waals surface area (Å²) in [5.41, 5.74) is 2.56. The van der Waals surface area contributed by atoms with Crippen LogP contribution in [0.1, 0.15) is 24.5 Å². The normalized spacial score (nSPS) is 14.8. The molecule has 1 aliphatic heterocycles. The Morgan fingerprint density at radius 2 is 2.37 bits per heavy atom. The highest BCUT2D eigenvalue weighted by Crippen LogP contribution is 2.25. The lowest BCUT2D eigenvalue weighted by Crippen LogP contribution is -2.29. The molecule has 0 aromatic heterocycles. The van der Waals surface area contributed by atoms with Gasteiger partial charge in [0, 0.05) is 13.0 Å². The van der Waals surface area contributed by atoms with Gasteiger partial charge in [-0.15, -0.1) is 0 Å². The summed E-state index contributed by atoms with van der Waals surface area (Å²) in [6.07, 6.45) is 2.58. The van der Waals surface area contributed by atoms with Gasteiger partial charge in [0.1, 0.15) is 5.75 Å². The van der Waals surface area contributed by atoms with E-state index in [0.717, 1.165) is 31.7 Å². The molecule has 0 spiro atoms. The van der Waals surface area contributed by atoms with Crippen LogP contribution in [-0.4, -0.2) is 30.8 Å². The van der Waals surface area contributed by atoms with Crippen molar-refractivity contribution >= 4 is 5.97 Å². The maximum absolute atomic E-state index is 10.9. The van der Waals surface area contributed by atoms with Crippen LogP contribution in [0, 0.1) is 5.92 Å². The third-order valence-electron chi connectivity index (χ3n) is 3.58. The minimum absolute atomic E-state index is 0.284. The Morgan fingerprint density at radius 3 is 3.11 bits per heavy atom. The van der Waals surface area contributed by atoms with Crippen LogP contribution in [0.2, 0.25) is 0 Å². The van der Waals surface area contributed by atoms with Crippen LogP contribution >= 0.6 is 0 Å². The zero-order chi connectivity index (χ0) is 13.7. The fourth-order valence-corrected chi connectivity index (χ4v) is 2.31. The van der Waals surface area contributed by atoms with Crippen molar-refractivity contribution in [1.82, 2.24) is 5.32 Å². The average Bonchev–Trinajstić information content (AvgIpc) is 2.85. The number of fused-ring (bicyclic) bond motifs is 1. The standard InChI is InChI=1S/C15H21NO3/c1-2-12(15(17)18)10-16-7-5-11-3-4-14-13(9-11)6-8-19-14/h3-4,9,12,16H,2,5-8,10H2,1H3,(H,17,18). The van der Waals surface area contributed by atoms with Crippen LogP contribution in [0.4, 0.5) is 0 Å². The summed E-state index contributed by atoms with van der Waals surface area (Å²) in [6, 6.07) is 6.31. The number of carboxylic acid groups (broad SMARTS) is 1. The molecule has 0 saturated heterocycles. The number of hydrogen-bond acceptors (Lipinski definition) is 3. The SMILES string of the molecule is CCC(CNCCc1ccc2c(c1)CCO2)C(=O)O. The molecule has 0 aliphatic carbocycles. The third-order valence-corrected chi connectivity index (χ3v) is 3.58. The number of carboxylic acids is 1. The number of nitrogens with one attached hydrogen (secondary N) is 1. The van der Waals surface area contributed by atoms with Crippen molar-refractivity contribution < 1.29 is 14.6 Å². The molecule has 1 aromatic rings. The summed E-state index contributed by atoms with van der Waals surface area (Å²) in [4.78, 5) is 10.9. The molecule has 0 bridgehead atoms. The molecule has 2 N–H and O–H groups in total. The molecule has 0 radical (unpaired) electrons. The molecule has 19 heavy (non-hydrogen) atoms. The smallest absolute Gasteiger partial charge is 0.307 e. The monoisotopic (exact) mass is 263 g/mol. The van der Waals surface area contributed by atoms with Crippen LogP contribution in [0.5, 0.6) is 5.75 Å². The Hall–Kier alpha value is -1.55. The number of carbonyl (C=O) groups is 1. The fourth-order valence-electron chi connectivity index (χ4n) is 2.31. The van der Waals surface area contributed by atoms with E-state index in [0.29, 0.717) is 13.0 Å². The van der Waals surface area contributed by atoms with Gasteiger partial charge in [-0.25, -0.2) is 0 Å². The highest BCUT2D eigenvalue weighted by atomic mass is 16.5. The van der Waals surface area contributed by atoms with Gasteiger partial charge in [0.15, 0.2) is 0 Å². The van der Waals surface area contributed by atoms with Crippen LogP contribution < -0.4 is 10.1 Å². The summed E-state index contributed by atoms with van der Waals surface area (Å²) in [6.45, 7) is 4.04. The van der Waals surface area contributed by atoms with E-state index >= 15 is 0 Å². The van der Waals surface area contributed by atoms with Crippen molar-refractivity contribution in [3.63, 3.8) is 0 Å². The quantitative estimate of drug-likeness (QED) is 0.737. The van der Waals surface area contributed by atoms with Crippen molar-refractivity contribution in [1.29, 1.82) is 0 Å². The average molecular weight is 263 g/mol. The molecule has 4 heteroatoms. The number of ether oxygens (including phenoxy) is 1. The Morgan fingerprint density at radius 1 is 1.53 bits per heavy atom. The first-order valence-corrected chi connectivity index (χ1v) is 6.89. The van der Waals surface area contributed by atoms with E-state index in [9.17, 15) is 4.79 Å². The first-order valence-electron chi connectivity index (χ1n) is 6.89. The van der Waals surface area contributed by atoms with Gasteiger partial charge in [0.25, 0.3) is 0 Å². The number of benzene rings is 1. The van der Waals surface area contributed by atoms with E-state index in [1.807, 2.05) is 13.0 Å². The summed E-state index contributed by atoms with van der Waals surface area (Å²) in [7, 11) is 0. The first-order chi connectivity index (χ1) is 9.20. The second kappa shape index (κ2) is 6.57. The lowest BCUT2D eigenvalue weighted by molar-refractivity contribution is -0.141. The zero-order valence-electron chi connectivity index (χ0n) is 11.3. The van der Waals surface area contributed by atoms with Crippen LogP contribution in [0.3, 0.4) is 0 Å². The number of hydrogen-bond donors (Lipinski definition) is 2. The predicted molar refractivity (Wildman–Crippen MR) is 73.6 cm³/mol. The second-order valence-corrected chi connectivity index (χ2v) is 4.94. The molecule has 0 fully saturated rings. The highest BCUT2D eigenvalue weighted by Gasteiger charge is 2.14. The van der Waals surface area contributed by atoms with Crippen LogP contribution in [0.15, 0.2) is 18.2 Å². The van der Waals surface area contributed by atoms with E-state index in [1.165, 1.54) is 11.1 Å². The largest absolute Gasteiger partial charge is 0.493 e. The van der Waals surface area contributed by atoms with Gasteiger partial charge >= 0.3 is 5.97 Å². The Balaban J connectivity index is 1.75. The summed E-state index contributed by atoms with van der Waals surface area (Å²) >= 11 is 0. The minimum Gasteiger partial charge on any atom is -0.493 e. The molecule has 104 valence electrons. The van der Waals surface area contributed by atoms with E-state index in [4.69, 9.17) is 9.84 Å². The predicted octanol–water partition coefficient (Wildman–Crippen LogP) is 1.86. The zero-order valence-corrected chi connectivity index (χ0v) is 11.3. The third kappa shape index (κ3) is 3.70. The van der Waals surface area contributed by atoms with Crippen LogP contribution in [-0.2, 0) is 17.6 Å². The van der Waals surface area contributed by atoms with Gasteiger partial charge in [-0.05, 0) is 36.6 Å².